The number of aryl methyl sites for hydroxylation is 1. The second-order valence-corrected chi connectivity index (χ2v) is 9.34. The van der Waals surface area contributed by atoms with E-state index in [0.717, 1.165) is 39.7 Å². The van der Waals surface area contributed by atoms with Gasteiger partial charge in [-0.05, 0) is 54.4 Å². The van der Waals surface area contributed by atoms with Crippen LogP contribution in [0.3, 0.4) is 0 Å². The van der Waals surface area contributed by atoms with Crippen LogP contribution >= 0.6 is 0 Å². The number of halogens is 3. The van der Waals surface area contributed by atoms with Crippen LogP contribution in [0.25, 0.3) is 0 Å². The van der Waals surface area contributed by atoms with Crippen LogP contribution in [0.2, 0.25) is 0 Å². The quantitative estimate of drug-likeness (QED) is 0.500. The van der Waals surface area contributed by atoms with Crippen LogP contribution in [0.1, 0.15) is 16.7 Å². The molecule has 1 unspecified atom stereocenters. The van der Waals surface area contributed by atoms with E-state index in [9.17, 15) is 26.7 Å². The van der Waals surface area contributed by atoms with Gasteiger partial charge >= 0.3 is 6.18 Å². The number of benzene rings is 2. The predicted molar refractivity (Wildman–Crippen MR) is 116 cm³/mol. The summed E-state index contributed by atoms with van der Waals surface area (Å²) in [4.78, 5) is 3.85. The molecule has 0 amide bonds. The summed E-state index contributed by atoms with van der Waals surface area (Å²) in [7, 11) is -3.99. The zero-order chi connectivity index (χ0) is 24.1. The van der Waals surface area contributed by atoms with E-state index in [4.69, 9.17) is 4.74 Å². The van der Waals surface area contributed by atoms with Crippen LogP contribution < -0.4 is 4.74 Å². The van der Waals surface area contributed by atoms with Gasteiger partial charge in [-0.25, -0.2) is 8.42 Å². The summed E-state index contributed by atoms with van der Waals surface area (Å²) < 4.78 is 71.0. The third-order valence-corrected chi connectivity index (χ3v) is 6.71. The van der Waals surface area contributed by atoms with Crippen molar-refractivity contribution in [3.05, 3.63) is 89.7 Å². The minimum Gasteiger partial charge on any atom is -0.491 e. The maximum Gasteiger partial charge on any atom is 0.416 e. The molecule has 0 bridgehead atoms. The number of rotatable bonds is 9. The molecule has 0 aliphatic heterocycles. The molecule has 1 aromatic heterocycles. The van der Waals surface area contributed by atoms with E-state index in [1.54, 1.807) is 12.1 Å². The number of pyridine rings is 1. The van der Waals surface area contributed by atoms with Crippen molar-refractivity contribution in [1.82, 2.24) is 9.29 Å². The fourth-order valence-electron chi connectivity index (χ4n) is 3.09. The van der Waals surface area contributed by atoms with Crippen LogP contribution in [0.15, 0.2) is 78.0 Å². The normalized spacial score (nSPS) is 13.2. The summed E-state index contributed by atoms with van der Waals surface area (Å²) in [5.41, 5.74) is 0.836. The van der Waals surface area contributed by atoms with Gasteiger partial charge in [-0.15, -0.1) is 0 Å². The van der Waals surface area contributed by atoms with Gasteiger partial charge in [0, 0.05) is 25.5 Å². The van der Waals surface area contributed by atoms with Gasteiger partial charge in [-0.2, -0.15) is 17.5 Å². The molecule has 3 rings (SSSR count). The van der Waals surface area contributed by atoms with Crippen molar-refractivity contribution in [2.24, 2.45) is 0 Å². The van der Waals surface area contributed by atoms with Crippen molar-refractivity contribution in [3.63, 3.8) is 0 Å². The van der Waals surface area contributed by atoms with Crippen LogP contribution in [-0.2, 0) is 22.7 Å². The Balaban J connectivity index is 1.74. The Labute approximate surface area is 190 Å². The van der Waals surface area contributed by atoms with Gasteiger partial charge in [0.2, 0.25) is 10.0 Å². The molecule has 0 saturated heterocycles. The summed E-state index contributed by atoms with van der Waals surface area (Å²) in [6, 6.07) is 14.2. The average molecular weight is 481 g/mol. The van der Waals surface area contributed by atoms with Gasteiger partial charge in [0.1, 0.15) is 23.4 Å². The van der Waals surface area contributed by atoms with E-state index in [1.807, 2.05) is 19.1 Å². The second kappa shape index (κ2) is 10.3. The summed E-state index contributed by atoms with van der Waals surface area (Å²) in [5.74, 6) is 0.127. The first-order chi connectivity index (χ1) is 15.6. The summed E-state index contributed by atoms with van der Waals surface area (Å²) >= 11 is 0. The largest absolute Gasteiger partial charge is 0.491 e. The van der Waals surface area contributed by atoms with Crippen LogP contribution in [-0.4, -0.2) is 42.1 Å². The summed E-state index contributed by atoms with van der Waals surface area (Å²) in [6.45, 7) is 1.28. The molecule has 0 aliphatic carbocycles. The fraction of sp³-hybridized carbons (Fsp3) is 0.261. The minimum absolute atomic E-state index is 0.0151. The molecule has 0 aliphatic rings. The Kier molecular flexibility index (Phi) is 7.72. The second-order valence-electron chi connectivity index (χ2n) is 7.40. The minimum atomic E-state index is -4.46. The molecule has 0 saturated carbocycles. The molecular formula is C23H23F3N2O4S. The molecule has 6 nitrogen and oxygen atoms in total. The van der Waals surface area contributed by atoms with Gasteiger partial charge in [0.25, 0.3) is 0 Å². The first-order valence-corrected chi connectivity index (χ1v) is 11.4. The molecule has 3 aromatic rings. The van der Waals surface area contributed by atoms with E-state index in [2.05, 4.69) is 4.98 Å². The van der Waals surface area contributed by atoms with Crippen molar-refractivity contribution < 1.29 is 31.4 Å². The number of aliphatic hydroxyl groups is 1. The van der Waals surface area contributed by atoms with Gasteiger partial charge in [0.05, 0.1) is 5.56 Å². The van der Waals surface area contributed by atoms with E-state index < -0.39 is 27.9 Å². The highest BCUT2D eigenvalue weighted by Crippen LogP contribution is 2.30. The number of hydrogen-bond donors (Lipinski definition) is 1. The zero-order valence-electron chi connectivity index (χ0n) is 17.7. The first-order valence-electron chi connectivity index (χ1n) is 10.00. The lowest BCUT2D eigenvalue weighted by atomic mass is 10.1. The highest BCUT2D eigenvalue weighted by Gasteiger charge is 2.30. The molecule has 2 aromatic carbocycles. The van der Waals surface area contributed by atoms with E-state index in [-0.39, 0.29) is 30.3 Å². The standard InChI is InChI=1S/C23H23F3N2O4S/c1-17-5-2-3-6-18(17)14-28(33(30,31)22-7-4-12-27-13-22)15-20(29)16-32-21-10-8-19(9-11-21)23(24,25)26/h2-13,20,29H,14-16H2,1H3. The Morgan fingerprint density at radius 2 is 1.76 bits per heavy atom. The van der Waals surface area contributed by atoms with Gasteiger partial charge in [-0.1, -0.05) is 24.3 Å². The van der Waals surface area contributed by atoms with Crippen molar-refractivity contribution >= 4 is 10.0 Å². The van der Waals surface area contributed by atoms with Crippen molar-refractivity contribution in [3.8, 4) is 5.75 Å². The molecule has 0 fully saturated rings. The Morgan fingerprint density at radius 3 is 2.36 bits per heavy atom. The predicted octanol–water partition coefficient (Wildman–Crippen LogP) is 4.04. The van der Waals surface area contributed by atoms with E-state index >= 15 is 0 Å². The molecule has 1 atom stereocenters. The SMILES string of the molecule is Cc1ccccc1CN(CC(O)COc1ccc(C(F)(F)F)cc1)S(=O)(=O)c1cccnc1. The highest BCUT2D eigenvalue weighted by molar-refractivity contribution is 7.89. The maximum absolute atomic E-state index is 13.2. The van der Waals surface area contributed by atoms with Crippen molar-refractivity contribution in [2.45, 2.75) is 30.6 Å². The van der Waals surface area contributed by atoms with Crippen molar-refractivity contribution in [2.75, 3.05) is 13.2 Å². The lowest BCUT2D eigenvalue weighted by Crippen LogP contribution is -2.39. The number of aromatic nitrogens is 1. The first kappa shape index (κ1) is 24.7. The third-order valence-electron chi connectivity index (χ3n) is 4.92. The zero-order valence-corrected chi connectivity index (χ0v) is 18.6. The highest BCUT2D eigenvalue weighted by atomic mass is 32.2. The van der Waals surface area contributed by atoms with Gasteiger partial charge < -0.3 is 9.84 Å². The van der Waals surface area contributed by atoms with E-state index in [0.29, 0.717) is 0 Å². The number of ether oxygens (including phenoxy) is 1. The average Bonchev–Trinajstić information content (AvgIpc) is 2.79. The third kappa shape index (κ3) is 6.53. The molecule has 10 heteroatoms. The summed E-state index contributed by atoms with van der Waals surface area (Å²) in [6.07, 6.45) is -3.01. The number of sulfonamides is 1. The van der Waals surface area contributed by atoms with Gasteiger partial charge in [0.15, 0.2) is 0 Å². The molecule has 1 N–H and O–H groups in total. The number of aliphatic hydroxyl groups excluding tert-OH is 1. The number of alkyl halides is 3. The Morgan fingerprint density at radius 1 is 1.06 bits per heavy atom. The van der Waals surface area contributed by atoms with Crippen molar-refractivity contribution in [1.29, 1.82) is 0 Å². The Bertz CT molecular complexity index is 1150. The molecule has 33 heavy (non-hydrogen) atoms. The maximum atomic E-state index is 13.2. The van der Waals surface area contributed by atoms with Crippen LogP contribution in [0.4, 0.5) is 13.2 Å². The number of nitrogens with zero attached hydrogens (tertiary/aromatic N) is 2. The fourth-order valence-corrected chi connectivity index (χ4v) is 4.51. The van der Waals surface area contributed by atoms with E-state index in [1.165, 1.54) is 24.5 Å². The summed E-state index contributed by atoms with van der Waals surface area (Å²) in [5, 5.41) is 10.5. The lowest BCUT2D eigenvalue weighted by molar-refractivity contribution is -0.137. The molecule has 0 radical (unpaired) electrons. The van der Waals surface area contributed by atoms with Crippen LogP contribution in [0.5, 0.6) is 5.75 Å². The van der Waals surface area contributed by atoms with Crippen LogP contribution in [0, 0.1) is 6.92 Å². The number of hydrogen-bond acceptors (Lipinski definition) is 5. The molecular weight excluding hydrogens is 457 g/mol. The topological polar surface area (TPSA) is 79.7 Å². The Hall–Kier alpha value is -2.95. The molecule has 0 spiro atoms. The van der Waals surface area contributed by atoms with Gasteiger partial charge in [-0.3, -0.25) is 4.98 Å². The molecule has 1 heterocycles. The monoisotopic (exact) mass is 480 g/mol. The smallest absolute Gasteiger partial charge is 0.416 e. The molecule has 176 valence electrons. The lowest BCUT2D eigenvalue weighted by Gasteiger charge is -2.25.